The van der Waals surface area contributed by atoms with Gasteiger partial charge in [0.2, 0.25) is 0 Å². The molecule has 1 aliphatic rings. The lowest BCUT2D eigenvalue weighted by atomic mass is 10.2. The van der Waals surface area contributed by atoms with E-state index in [-0.39, 0.29) is 29.7 Å². The van der Waals surface area contributed by atoms with E-state index in [0.717, 1.165) is 19.4 Å². The Kier molecular flexibility index (Phi) is 5.83. The molecule has 0 spiro atoms. The van der Waals surface area contributed by atoms with Crippen molar-refractivity contribution in [3.05, 3.63) is 46.3 Å². The largest absolute Gasteiger partial charge is 0.349 e. The lowest BCUT2D eigenvalue weighted by Crippen LogP contribution is -2.37. The summed E-state index contributed by atoms with van der Waals surface area (Å²) in [6, 6.07) is 6.28. The van der Waals surface area contributed by atoms with Gasteiger partial charge in [-0.3, -0.25) is 14.9 Å². The molecule has 128 valence electrons. The van der Waals surface area contributed by atoms with Gasteiger partial charge in [0.05, 0.1) is 16.8 Å². The van der Waals surface area contributed by atoms with Crippen LogP contribution in [0.2, 0.25) is 0 Å². The molecule has 0 radical (unpaired) electrons. The molecule has 2 heterocycles. The SMILES string of the molecule is Cl.O=C(NCC1CCCN1)c1cn(-c2cccc([N+](=O)[O-])c2)nn1. The van der Waals surface area contributed by atoms with Crippen molar-refractivity contribution in [1.82, 2.24) is 25.6 Å². The number of hydrogen-bond donors (Lipinski definition) is 2. The maximum absolute atomic E-state index is 12.1. The van der Waals surface area contributed by atoms with Crippen LogP contribution in [0.3, 0.4) is 0 Å². The number of carbonyl (C=O) groups excluding carboxylic acids is 1. The molecule has 1 aliphatic heterocycles. The van der Waals surface area contributed by atoms with Gasteiger partial charge >= 0.3 is 0 Å². The third kappa shape index (κ3) is 4.06. The monoisotopic (exact) mass is 352 g/mol. The number of non-ortho nitro benzene ring substituents is 1. The van der Waals surface area contributed by atoms with E-state index in [1.54, 1.807) is 12.1 Å². The van der Waals surface area contributed by atoms with Crippen molar-refractivity contribution in [2.75, 3.05) is 13.1 Å². The third-order valence-electron chi connectivity index (χ3n) is 3.70. The zero-order valence-electron chi connectivity index (χ0n) is 12.7. The average molecular weight is 353 g/mol. The molecule has 1 fully saturated rings. The van der Waals surface area contributed by atoms with Gasteiger partial charge < -0.3 is 10.6 Å². The van der Waals surface area contributed by atoms with Gasteiger partial charge in [0.25, 0.3) is 11.6 Å². The lowest BCUT2D eigenvalue weighted by molar-refractivity contribution is -0.384. The quantitative estimate of drug-likeness (QED) is 0.614. The van der Waals surface area contributed by atoms with Gasteiger partial charge in [-0.1, -0.05) is 11.3 Å². The first-order chi connectivity index (χ1) is 11.1. The van der Waals surface area contributed by atoms with Crippen molar-refractivity contribution in [1.29, 1.82) is 0 Å². The highest BCUT2D eigenvalue weighted by Gasteiger charge is 2.17. The van der Waals surface area contributed by atoms with Gasteiger partial charge in [-0.15, -0.1) is 17.5 Å². The molecule has 1 aromatic heterocycles. The molecular formula is C14H17ClN6O3. The topological polar surface area (TPSA) is 115 Å². The van der Waals surface area contributed by atoms with Crippen LogP contribution >= 0.6 is 12.4 Å². The fourth-order valence-electron chi connectivity index (χ4n) is 2.48. The average Bonchev–Trinajstić information content (AvgIpc) is 3.24. The Morgan fingerprint density at radius 2 is 2.33 bits per heavy atom. The summed E-state index contributed by atoms with van der Waals surface area (Å²) in [6.07, 6.45) is 3.61. The summed E-state index contributed by atoms with van der Waals surface area (Å²) in [4.78, 5) is 22.4. The second kappa shape index (κ2) is 7.84. The number of nitro groups is 1. The number of nitro benzene ring substituents is 1. The highest BCUT2D eigenvalue weighted by Crippen LogP contribution is 2.16. The van der Waals surface area contributed by atoms with Crippen LogP contribution in [-0.4, -0.2) is 45.0 Å². The molecule has 1 unspecified atom stereocenters. The number of nitrogens with zero attached hydrogens (tertiary/aromatic N) is 4. The molecule has 0 saturated carbocycles. The van der Waals surface area contributed by atoms with E-state index in [9.17, 15) is 14.9 Å². The third-order valence-corrected chi connectivity index (χ3v) is 3.70. The summed E-state index contributed by atoms with van der Waals surface area (Å²) < 4.78 is 1.34. The fourth-order valence-corrected chi connectivity index (χ4v) is 2.48. The van der Waals surface area contributed by atoms with Crippen LogP contribution < -0.4 is 10.6 Å². The minimum Gasteiger partial charge on any atom is -0.349 e. The van der Waals surface area contributed by atoms with Crippen molar-refractivity contribution in [2.45, 2.75) is 18.9 Å². The molecule has 1 saturated heterocycles. The molecule has 24 heavy (non-hydrogen) atoms. The zero-order chi connectivity index (χ0) is 16.2. The summed E-state index contributed by atoms with van der Waals surface area (Å²) in [6.45, 7) is 1.52. The summed E-state index contributed by atoms with van der Waals surface area (Å²) in [5.41, 5.74) is 0.606. The first kappa shape index (κ1) is 17.8. The second-order valence-corrected chi connectivity index (χ2v) is 5.33. The molecule has 0 aliphatic carbocycles. The van der Waals surface area contributed by atoms with Gasteiger partial charge in [-0.2, -0.15) is 0 Å². The normalized spacial score (nSPS) is 16.4. The standard InChI is InChI=1S/C14H16N6O3.ClH/c21-14(16-8-10-3-2-6-15-10)13-9-19(18-17-13)11-4-1-5-12(7-11)20(22)23;/h1,4-5,7,9-10,15H,2-3,6,8H2,(H,16,21);1H. The Balaban J connectivity index is 0.00000208. The summed E-state index contributed by atoms with van der Waals surface area (Å²) in [7, 11) is 0. The maximum atomic E-state index is 12.1. The van der Waals surface area contributed by atoms with Crippen LogP contribution in [-0.2, 0) is 0 Å². The van der Waals surface area contributed by atoms with Crippen molar-refractivity contribution in [2.24, 2.45) is 0 Å². The molecule has 1 aromatic carbocycles. The molecule has 1 amide bonds. The van der Waals surface area contributed by atoms with E-state index in [1.165, 1.54) is 23.0 Å². The predicted octanol–water partition coefficient (Wildman–Crippen LogP) is 1.08. The van der Waals surface area contributed by atoms with E-state index in [0.29, 0.717) is 18.3 Å². The number of carbonyl (C=O) groups is 1. The minimum absolute atomic E-state index is 0. The molecule has 9 nitrogen and oxygen atoms in total. The van der Waals surface area contributed by atoms with Crippen LogP contribution in [0.15, 0.2) is 30.5 Å². The number of rotatable bonds is 5. The second-order valence-electron chi connectivity index (χ2n) is 5.33. The van der Waals surface area contributed by atoms with Crippen LogP contribution in [0.4, 0.5) is 5.69 Å². The Bertz CT molecular complexity index is 729. The van der Waals surface area contributed by atoms with Gasteiger partial charge in [0.15, 0.2) is 5.69 Å². The van der Waals surface area contributed by atoms with Crippen LogP contribution in [0.25, 0.3) is 5.69 Å². The molecule has 2 aromatic rings. The molecule has 0 bridgehead atoms. The summed E-state index contributed by atoms with van der Waals surface area (Å²) in [5.74, 6) is -0.310. The molecule has 2 N–H and O–H groups in total. The predicted molar refractivity (Wildman–Crippen MR) is 88.6 cm³/mol. The smallest absolute Gasteiger partial charge is 0.273 e. The molecule has 3 rings (SSSR count). The summed E-state index contributed by atoms with van der Waals surface area (Å²) in [5, 5.41) is 24.6. The Morgan fingerprint density at radius 1 is 1.50 bits per heavy atom. The first-order valence-electron chi connectivity index (χ1n) is 7.32. The number of nitrogens with one attached hydrogen (secondary N) is 2. The Hall–Kier alpha value is -2.52. The van der Waals surface area contributed by atoms with Crippen LogP contribution in [0, 0.1) is 10.1 Å². The Morgan fingerprint density at radius 3 is 3.04 bits per heavy atom. The van der Waals surface area contributed by atoms with Gasteiger partial charge in [0.1, 0.15) is 0 Å². The number of halogens is 1. The van der Waals surface area contributed by atoms with E-state index >= 15 is 0 Å². The number of benzene rings is 1. The van der Waals surface area contributed by atoms with Crippen molar-refractivity contribution < 1.29 is 9.72 Å². The van der Waals surface area contributed by atoms with Crippen molar-refractivity contribution >= 4 is 24.0 Å². The molecular weight excluding hydrogens is 336 g/mol. The fraction of sp³-hybridized carbons (Fsp3) is 0.357. The van der Waals surface area contributed by atoms with Gasteiger partial charge in [0, 0.05) is 24.7 Å². The van der Waals surface area contributed by atoms with Crippen molar-refractivity contribution in [3.8, 4) is 5.69 Å². The first-order valence-corrected chi connectivity index (χ1v) is 7.32. The highest BCUT2D eigenvalue weighted by molar-refractivity contribution is 5.91. The zero-order valence-corrected chi connectivity index (χ0v) is 13.5. The number of aromatic nitrogens is 3. The van der Waals surface area contributed by atoms with Gasteiger partial charge in [-0.25, -0.2) is 4.68 Å². The van der Waals surface area contributed by atoms with E-state index in [4.69, 9.17) is 0 Å². The number of hydrogen-bond acceptors (Lipinski definition) is 6. The highest BCUT2D eigenvalue weighted by atomic mass is 35.5. The Labute approximate surface area is 144 Å². The molecule has 10 heteroatoms. The van der Waals surface area contributed by atoms with E-state index in [1.807, 2.05) is 0 Å². The number of amides is 1. The van der Waals surface area contributed by atoms with Crippen LogP contribution in [0.1, 0.15) is 23.3 Å². The van der Waals surface area contributed by atoms with Crippen molar-refractivity contribution in [3.63, 3.8) is 0 Å². The van der Waals surface area contributed by atoms with Crippen LogP contribution in [0.5, 0.6) is 0 Å². The van der Waals surface area contributed by atoms with E-state index in [2.05, 4.69) is 20.9 Å². The lowest BCUT2D eigenvalue weighted by Gasteiger charge is -2.09. The summed E-state index contributed by atoms with van der Waals surface area (Å²) >= 11 is 0. The maximum Gasteiger partial charge on any atom is 0.273 e. The van der Waals surface area contributed by atoms with E-state index < -0.39 is 4.92 Å². The molecule has 1 atom stereocenters. The van der Waals surface area contributed by atoms with Gasteiger partial charge in [-0.05, 0) is 25.5 Å². The minimum atomic E-state index is -0.483.